The van der Waals surface area contributed by atoms with Crippen LogP contribution in [0.15, 0.2) is 59.5 Å². The fourth-order valence-corrected chi connectivity index (χ4v) is 4.19. The second-order valence-corrected chi connectivity index (χ2v) is 7.85. The third-order valence-corrected chi connectivity index (χ3v) is 5.85. The quantitative estimate of drug-likeness (QED) is 0.552. The summed E-state index contributed by atoms with van der Waals surface area (Å²) in [6.45, 7) is 2.55. The standard InChI is InChI=1S/C22H20ClN5O2/c23-15-4-3-5-16(12-15)26-8-10-27(11-9-26)20(29)14-28-22(30)21-18(13-24-28)17-6-1-2-7-19(17)25-21/h1-7,12-13,25H,8-11,14H2. The molecule has 1 aliphatic rings. The van der Waals surface area contributed by atoms with Crippen LogP contribution in [0, 0.1) is 0 Å². The third-order valence-electron chi connectivity index (χ3n) is 5.61. The summed E-state index contributed by atoms with van der Waals surface area (Å²) in [6, 6.07) is 15.4. The average molecular weight is 422 g/mol. The van der Waals surface area contributed by atoms with Gasteiger partial charge in [0.05, 0.1) is 6.20 Å². The summed E-state index contributed by atoms with van der Waals surface area (Å²) in [7, 11) is 0. The Morgan fingerprint density at radius 1 is 1.03 bits per heavy atom. The van der Waals surface area contributed by atoms with E-state index < -0.39 is 0 Å². The summed E-state index contributed by atoms with van der Waals surface area (Å²) >= 11 is 6.08. The minimum Gasteiger partial charge on any atom is -0.368 e. The summed E-state index contributed by atoms with van der Waals surface area (Å²) < 4.78 is 1.24. The molecule has 4 aromatic rings. The fourth-order valence-electron chi connectivity index (χ4n) is 4.00. The van der Waals surface area contributed by atoms with Gasteiger partial charge in [-0.3, -0.25) is 9.59 Å². The molecule has 2 aromatic heterocycles. The number of nitrogens with zero attached hydrogens (tertiary/aromatic N) is 4. The number of rotatable bonds is 3. The van der Waals surface area contributed by atoms with Gasteiger partial charge >= 0.3 is 0 Å². The topological polar surface area (TPSA) is 74.2 Å². The van der Waals surface area contributed by atoms with Gasteiger partial charge in [-0.15, -0.1) is 0 Å². The van der Waals surface area contributed by atoms with Crippen LogP contribution in [-0.4, -0.2) is 51.8 Å². The largest absolute Gasteiger partial charge is 0.368 e. The maximum absolute atomic E-state index is 12.9. The first kappa shape index (κ1) is 18.7. The smallest absolute Gasteiger partial charge is 0.291 e. The van der Waals surface area contributed by atoms with E-state index in [-0.39, 0.29) is 18.0 Å². The number of benzene rings is 2. The lowest BCUT2D eigenvalue weighted by molar-refractivity contribution is -0.132. The molecule has 1 N–H and O–H groups in total. The molecule has 0 bridgehead atoms. The number of amides is 1. The van der Waals surface area contributed by atoms with Crippen molar-refractivity contribution < 1.29 is 4.79 Å². The van der Waals surface area contributed by atoms with Crippen LogP contribution in [0.25, 0.3) is 21.8 Å². The van der Waals surface area contributed by atoms with Gasteiger partial charge in [0.1, 0.15) is 12.1 Å². The zero-order valence-corrected chi connectivity index (χ0v) is 17.0. The molecule has 0 unspecified atom stereocenters. The molecule has 0 radical (unpaired) electrons. The van der Waals surface area contributed by atoms with Crippen molar-refractivity contribution in [2.45, 2.75) is 6.54 Å². The first-order valence-corrected chi connectivity index (χ1v) is 10.2. The molecule has 30 heavy (non-hydrogen) atoms. The van der Waals surface area contributed by atoms with E-state index in [0.717, 1.165) is 35.1 Å². The molecule has 1 fully saturated rings. The zero-order chi connectivity index (χ0) is 20.7. The van der Waals surface area contributed by atoms with Crippen LogP contribution in [-0.2, 0) is 11.3 Å². The molecule has 1 aliphatic heterocycles. The van der Waals surface area contributed by atoms with Gasteiger partial charge in [-0.2, -0.15) is 5.10 Å². The van der Waals surface area contributed by atoms with Gasteiger partial charge in [0.2, 0.25) is 5.91 Å². The Bertz CT molecular complexity index is 1300. The monoisotopic (exact) mass is 421 g/mol. The van der Waals surface area contributed by atoms with Crippen molar-refractivity contribution >= 4 is 45.0 Å². The zero-order valence-electron chi connectivity index (χ0n) is 16.2. The van der Waals surface area contributed by atoms with Crippen LogP contribution in [0.3, 0.4) is 0 Å². The maximum Gasteiger partial charge on any atom is 0.291 e. The normalized spacial score (nSPS) is 14.6. The molecule has 2 aromatic carbocycles. The number of fused-ring (bicyclic) bond motifs is 3. The van der Waals surface area contributed by atoms with E-state index in [0.29, 0.717) is 23.6 Å². The molecule has 3 heterocycles. The number of carbonyl (C=O) groups is 1. The highest BCUT2D eigenvalue weighted by atomic mass is 35.5. The summed E-state index contributed by atoms with van der Waals surface area (Å²) in [5.41, 5.74) is 2.13. The minimum atomic E-state index is -0.283. The van der Waals surface area contributed by atoms with Gasteiger partial charge in [-0.05, 0) is 24.3 Å². The summed E-state index contributed by atoms with van der Waals surface area (Å²) in [5.74, 6) is -0.106. The fraction of sp³-hybridized carbons (Fsp3) is 0.227. The molecule has 5 rings (SSSR count). The Morgan fingerprint density at radius 2 is 1.83 bits per heavy atom. The number of carbonyl (C=O) groups excluding carboxylic acids is 1. The second kappa shape index (κ2) is 7.50. The Balaban J connectivity index is 1.31. The van der Waals surface area contributed by atoms with Crippen molar-refractivity contribution in [2.24, 2.45) is 0 Å². The molecule has 1 saturated heterocycles. The SMILES string of the molecule is O=C(Cn1ncc2c([nH]c3ccccc32)c1=O)N1CCN(c2cccc(Cl)c2)CC1. The van der Waals surface area contributed by atoms with Crippen molar-refractivity contribution in [3.05, 3.63) is 70.1 Å². The van der Waals surface area contributed by atoms with E-state index in [4.69, 9.17) is 11.6 Å². The predicted molar refractivity (Wildman–Crippen MR) is 118 cm³/mol. The Labute approximate surface area is 177 Å². The van der Waals surface area contributed by atoms with Crippen LogP contribution in [0.4, 0.5) is 5.69 Å². The molecule has 8 heteroatoms. The summed E-state index contributed by atoms with van der Waals surface area (Å²) in [5, 5.41) is 6.67. The van der Waals surface area contributed by atoms with Gasteiger partial charge in [0.15, 0.2) is 0 Å². The summed E-state index contributed by atoms with van der Waals surface area (Å²) in [6.07, 6.45) is 1.65. The maximum atomic E-state index is 12.9. The Morgan fingerprint density at radius 3 is 2.63 bits per heavy atom. The molecule has 0 saturated carbocycles. The average Bonchev–Trinajstić information content (AvgIpc) is 3.15. The van der Waals surface area contributed by atoms with E-state index in [1.165, 1.54) is 4.68 Å². The van der Waals surface area contributed by atoms with Crippen LogP contribution >= 0.6 is 11.6 Å². The van der Waals surface area contributed by atoms with E-state index in [1.807, 2.05) is 48.5 Å². The van der Waals surface area contributed by atoms with Gasteiger partial charge in [-0.25, -0.2) is 4.68 Å². The summed E-state index contributed by atoms with van der Waals surface area (Å²) in [4.78, 5) is 32.8. The molecule has 0 spiro atoms. The van der Waals surface area contributed by atoms with Crippen molar-refractivity contribution in [2.75, 3.05) is 31.1 Å². The number of anilines is 1. The first-order valence-electron chi connectivity index (χ1n) is 9.85. The highest BCUT2D eigenvalue weighted by molar-refractivity contribution is 6.30. The highest BCUT2D eigenvalue weighted by Crippen LogP contribution is 2.22. The van der Waals surface area contributed by atoms with Crippen molar-refractivity contribution in [3.8, 4) is 0 Å². The lowest BCUT2D eigenvalue weighted by Crippen LogP contribution is -2.50. The number of nitrogens with one attached hydrogen (secondary N) is 1. The predicted octanol–water partition coefficient (Wildman–Crippen LogP) is 2.88. The number of hydrogen-bond donors (Lipinski definition) is 1. The van der Waals surface area contributed by atoms with E-state index in [1.54, 1.807) is 11.1 Å². The number of aromatic amines is 1. The molecule has 152 valence electrons. The number of H-pyrrole nitrogens is 1. The van der Waals surface area contributed by atoms with Crippen molar-refractivity contribution in [3.63, 3.8) is 0 Å². The van der Waals surface area contributed by atoms with Gasteiger partial charge in [-0.1, -0.05) is 35.9 Å². The van der Waals surface area contributed by atoms with E-state index in [9.17, 15) is 9.59 Å². The molecule has 7 nitrogen and oxygen atoms in total. The third kappa shape index (κ3) is 3.31. The first-order chi connectivity index (χ1) is 14.6. The van der Waals surface area contributed by atoms with Crippen molar-refractivity contribution in [1.29, 1.82) is 0 Å². The van der Waals surface area contributed by atoms with Gasteiger partial charge in [0.25, 0.3) is 5.56 Å². The van der Waals surface area contributed by atoms with E-state index in [2.05, 4.69) is 15.0 Å². The second-order valence-electron chi connectivity index (χ2n) is 7.41. The van der Waals surface area contributed by atoms with Crippen LogP contribution in [0.5, 0.6) is 0 Å². The number of para-hydroxylation sites is 1. The van der Waals surface area contributed by atoms with Crippen LogP contribution < -0.4 is 10.5 Å². The Kier molecular flexibility index (Phi) is 4.67. The highest BCUT2D eigenvalue weighted by Gasteiger charge is 2.22. The molecular formula is C22H20ClN5O2. The molecular weight excluding hydrogens is 402 g/mol. The van der Waals surface area contributed by atoms with Gasteiger partial charge in [0, 0.05) is 53.2 Å². The number of hydrogen-bond acceptors (Lipinski definition) is 4. The van der Waals surface area contributed by atoms with E-state index >= 15 is 0 Å². The van der Waals surface area contributed by atoms with Crippen molar-refractivity contribution in [1.82, 2.24) is 19.7 Å². The van der Waals surface area contributed by atoms with Crippen LogP contribution in [0.2, 0.25) is 5.02 Å². The molecule has 0 aliphatic carbocycles. The number of halogens is 1. The lowest BCUT2D eigenvalue weighted by Gasteiger charge is -2.36. The lowest BCUT2D eigenvalue weighted by atomic mass is 10.2. The number of aromatic nitrogens is 3. The Hall–Kier alpha value is -3.32. The minimum absolute atomic E-state index is 0.0682. The molecule has 0 atom stereocenters. The number of piperazine rings is 1. The van der Waals surface area contributed by atoms with Gasteiger partial charge < -0.3 is 14.8 Å². The molecule has 1 amide bonds. The van der Waals surface area contributed by atoms with Crippen LogP contribution in [0.1, 0.15) is 0 Å².